The summed E-state index contributed by atoms with van der Waals surface area (Å²) in [7, 11) is 0. The molecule has 0 spiro atoms. The zero-order valence-electron chi connectivity index (χ0n) is 16.2. The normalized spacial score (nSPS) is 10.9. The molecule has 4 N–H and O–H groups in total. The third-order valence-electron chi connectivity index (χ3n) is 4.95. The Balaban J connectivity index is 1.95. The van der Waals surface area contributed by atoms with Crippen molar-refractivity contribution in [3.05, 3.63) is 23.8 Å². The van der Waals surface area contributed by atoms with Crippen molar-refractivity contribution in [2.75, 3.05) is 11.5 Å². The van der Waals surface area contributed by atoms with Crippen LogP contribution in [0, 0.1) is 0 Å². The number of carbonyl (C=O) groups excluding carboxylic acids is 1. The van der Waals surface area contributed by atoms with Gasteiger partial charge in [0.25, 0.3) is 0 Å². The number of unbranched alkanes of at least 4 members (excludes halogenated alkanes) is 12. The van der Waals surface area contributed by atoms with Gasteiger partial charge in [0.2, 0.25) is 0 Å². The highest BCUT2D eigenvalue weighted by molar-refractivity contribution is 6.02. The molecule has 0 aliphatic carbocycles. The lowest BCUT2D eigenvalue weighted by atomic mass is 10.0. The molecule has 1 aromatic rings. The summed E-state index contributed by atoms with van der Waals surface area (Å²) in [6, 6.07) is 5.30. The first kappa shape index (κ1) is 21.5. The number of nitrogens with two attached hydrogens (primary N) is 2. The molecule has 0 aliphatic heterocycles. The van der Waals surface area contributed by atoms with E-state index in [1.54, 1.807) is 18.2 Å². The molecule has 0 fully saturated rings. The van der Waals surface area contributed by atoms with Gasteiger partial charge in [-0.15, -0.1) is 0 Å². The van der Waals surface area contributed by atoms with Crippen molar-refractivity contribution < 1.29 is 4.79 Å². The second-order valence-electron chi connectivity index (χ2n) is 7.22. The molecule has 0 aromatic heterocycles. The predicted molar refractivity (Wildman–Crippen MR) is 110 cm³/mol. The Morgan fingerprint density at radius 3 is 1.76 bits per heavy atom. The van der Waals surface area contributed by atoms with Gasteiger partial charge in [0.1, 0.15) is 0 Å². The molecular formula is C22H38N2O. The van der Waals surface area contributed by atoms with E-state index in [1.807, 2.05) is 0 Å². The maximum Gasteiger partial charge on any atom is 0.165 e. The molecule has 0 radical (unpaired) electrons. The van der Waals surface area contributed by atoms with Gasteiger partial charge in [-0.05, 0) is 18.6 Å². The molecule has 142 valence electrons. The number of rotatable bonds is 15. The van der Waals surface area contributed by atoms with Gasteiger partial charge in [0.05, 0.1) is 11.4 Å². The van der Waals surface area contributed by atoms with E-state index in [0.717, 1.165) is 12.8 Å². The number of ketones is 1. The monoisotopic (exact) mass is 346 g/mol. The molecule has 0 saturated heterocycles. The lowest BCUT2D eigenvalue weighted by Crippen LogP contribution is -2.06. The zero-order valence-corrected chi connectivity index (χ0v) is 16.2. The van der Waals surface area contributed by atoms with Crippen LogP contribution in [0.5, 0.6) is 0 Å². The van der Waals surface area contributed by atoms with Crippen LogP contribution in [-0.4, -0.2) is 5.78 Å². The average Bonchev–Trinajstić information content (AvgIpc) is 2.61. The molecule has 0 unspecified atom stereocenters. The molecule has 3 nitrogen and oxygen atoms in total. The topological polar surface area (TPSA) is 69.1 Å². The van der Waals surface area contributed by atoms with Crippen molar-refractivity contribution in [1.82, 2.24) is 0 Å². The van der Waals surface area contributed by atoms with Crippen LogP contribution in [0.3, 0.4) is 0 Å². The van der Waals surface area contributed by atoms with Crippen LogP contribution >= 0.6 is 0 Å². The van der Waals surface area contributed by atoms with Gasteiger partial charge in [-0.1, -0.05) is 90.0 Å². The molecule has 0 heterocycles. The zero-order chi connectivity index (χ0) is 18.3. The number of anilines is 2. The summed E-state index contributed by atoms with van der Waals surface area (Å²) in [4.78, 5) is 12.2. The summed E-state index contributed by atoms with van der Waals surface area (Å²) in [6.45, 7) is 2.27. The van der Waals surface area contributed by atoms with Crippen molar-refractivity contribution >= 4 is 17.2 Å². The van der Waals surface area contributed by atoms with E-state index in [9.17, 15) is 4.79 Å². The second kappa shape index (κ2) is 13.7. The molecule has 1 aromatic carbocycles. The fraction of sp³-hybridized carbons (Fsp3) is 0.682. The Kier molecular flexibility index (Phi) is 11.8. The number of carbonyl (C=O) groups is 1. The lowest BCUT2D eigenvalue weighted by molar-refractivity contribution is 0.0980. The number of para-hydroxylation sites is 1. The number of benzene rings is 1. The van der Waals surface area contributed by atoms with E-state index in [0.29, 0.717) is 23.4 Å². The standard InChI is InChI=1S/C22H38N2O/c1-2-3-4-5-6-7-8-9-10-11-12-13-14-18-21(25)19-16-15-17-20(23)22(19)24/h15-17H,2-14,18,23-24H2,1H3. The second-order valence-corrected chi connectivity index (χ2v) is 7.22. The molecule has 0 aliphatic rings. The van der Waals surface area contributed by atoms with Gasteiger partial charge in [-0.25, -0.2) is 0 Å². The van der Waals surface area contributed by atoms with E-state index in [2.05, 4.69) is 6.92 Å². The van der Waals surface area contributed by atoms with Crippen LogP contribution in [0.1, 0.15) is 107 Å². The Morgan fingerprint density at radius 2 is 1.24 bits per heavy atom. The van der Waals surface area contributed by atoms with E-state index in [4.69, 9.17) is 11.5 Å². The SMILES string of the molecule is CCCCCCCCCCCCCCCC(=O)c1cccc(N)c1N. The summed E-state index contributed by atoms with van der Waals surface area (Å²) in [5, 5.41) is 0. The minimum Gasteiger partial charge on any atom is -0.397 e. The summed E-state index contributed by atoms with van der Waals surface area (Å²) in [6.07, 6.45) is 17.6. The van der Waals surface area contributed by atoms with Gasteiger partial charge < -0.3 is 11.5 Å². The molecule has 1 rings (SSSR count). The number of hydrogen-bond donors (Lipinski definition) is 2. The third-order valence-corrected chi connectivity index (χ3v) is 4.95. The molecule has 0 bridgehead atoms. The van der Waals surface area contributed by atoms with Crippen molar-refractivity contribution in [1.29, 1.82) is 0 Å². The Morgan fingerprint density at radius 1 is 0.760 bits per heavy atom. The van der Waals surface area contributed by atoms with Crippen molar-refractivity contribution in [2.24, 2.45) is 0 Å². The molecular weight excluding hydrogens is 308 g/mol. The number of hydrogen-bond acceptors (Lipinski definition) is 3. The van der Waals surface area contributed by atoms with Crippen LogP contribution in [0.15, 0.2) is 18.2 Å². The Bertz CT molecular complexity index is 485. The summed E-state index contributed by atoms with van der Waals surface area (Å²) >= 11 is 0. The summed E-state index contributed by atoms with van der Waals surface area (Å²) < 4.78 is 0. The first-order valence-electron chi connectivity index (χ1n) is 10.3. The van der Waals surface area contributed by atoms with Crippen molar-refractivity contribution in [3.63, 3.8) is 0 Å². The first-order valence-corrected chi connectivity index (χ1v) is 10.3. The van der Waals surface area contributed by atoms with Gasteiger partial charge in [0.15, 0.2) is 5.78 Å². The van der Waals surface area contributed by atoms with Gasteiger partial charge in [-0.2, -0.15) is 0 Å². The number of Topliss-reactive ketones (excluding diaryl/α,β-unsaturated/α-hetero) is 1. The molecule has 0 amide bonds. The summed E-state index contributed by atoms with van der Waals surface area (Å²) in [5.74, 6) is 0.118. The molecule has 25 heavy (non-hydrogen) atoms. The fourth-order valence-corrected chi connectivity index (χ4v) is 3.26. The van der Waals surface area contributed by atoms with Crippen LogP contribution in [0.25, 0.3) is 0 Å². The highest BCUT2D eigenvalue weighted by Gasteiger charge is 2.10. The lowest BCUT2D eigenvalue weighted by Gasteiger charge is -2.07. The van der Waals surface area contributed by atoms with Gasteiger partial charge in [-0.3, -0.25) is 4.79 Å². The Labute approximate surface area is 154 Å². The quantitative estimate of drug-likeness (QED) is 0.216. The van der Waals surface area contributed by atoms with Crippen LogP contribution < -0.4 is 11.5 Å². The van der Waals surface area contributed by atoms with Gasteiger partial charge in [0, 0.05) is 12.0 Å². The molecule has 0 atom stereocenters. The molecule has 3 heteroatoms. The maximum atomic E-state index is 12.2. The highest BCUT2D eigenvalue weighted by atomic mass is 16.1. The maximum absolute atomic E-state index is 12.2. The average molecular weight is 347 g/mol. The van der Waals surface area contributed by atoms with Crippen LogP contribution in [-0.2, 0) is 0 Å². The molecule has 0 saturated carbocycles. The smallest absolute Gasteiger partial charge is 0.165 e. The van der Waals surface area contributed by atoms with Crippen LogP contribution in [0.2, 0.25) is 0 Å². The van der Waals surface area contributed by atoms with E-state index in [1.165, 1.54) is 70.6 Å². The summed E-state index contributed by atoms with van der Waals surface area (Å²) in [5.41, 5.74) is 13.1. The van der Waals surface area contributed by atoms with E-state index < -0.39 is 0 Å². The third kappa shape index (κ3) is 9.52. The predicted octanol–water partition coefficient (Wildman–Crippen LogP) is 6.52. The largest absolute Gasteiger partial charge is 0.397 e. The first-order chi connectivity index (χ1) is 12.2. The fourth-order valence-electron chi connectivity index (χ4n) is 3.26. The van der Waals surface area contributed by atoms with E-state index in [-0.39, 0.29) is 5.78 Å². The minimum absolute atomic E-state index is 0.118. The van der Waals surface area contributed by atoms with Crippen LogP contribution in [0.4, 0.5) is 11.4 Å². The Hall–Kier alpha value is -1.51. The van der Waals surface area contributed by atoms with Gasteiger partial charge >= 0.3 is 0 Å². The number of nitrogen functional groups attached to an aromatic ring is 2. The van der Waals surface area contributed by atoms with Crippen molar-refractivity contribution in [2.45, 2.75) is 96.8 Å². The minimum atomic E-state index is 0.118. The van der Waals surface area contributed by atoms with E-state index >= 15 is 0 Å². The highest BCUT2D eigenvalue weighted by Crippen LogP contribution is 2.22. The van der Waals surface area contributed by atoms with Crippen molar-refractivity contribution in [3.8, 4) is 0 Å².